The molecule has 1 aromatic heterocycles. The maximum Gasteiger partial charge on any atom is 0.262 e. The molecule has 1 aliphatic rings. The van der Waals surface area contributed by atoms with Crippen molar-refractivity contribution in [2.24, 2.45) is 0 Å². The van der Waals surface area contributed by atoms with Gasteiger partial charge in [0.1, 0.15) is 17.3 Å². The zero-order valence-electron chi connectivity index (χ0n) is 14.4. The van der Waals surface area contributed by atoms with Gasteiger partial charge in [-0.25, -0.2) is 4.39 Å². The first-order valence-electron chi connectivity index (χ1n) is 8.61. The highest BCUT2D eigenvalue weighted by Crippen LogP contribution is 2.39. The van der Waals surface area contributed by atoms with Crippen molar-refractivity contribution in [1.29, 1.82) is 0 Å². The maximum atomic E-state index is 14.9. The molecule has 3 aromatic rings. The first-order valence-corrected chi connectivity index (χ1v) is 8.61. The number of halogens is 1. The van der Waals surface area contributed by atoms with Gasteiger partial charge in [0.05, 0.1) is 17.7 Å². The predicted molar refractivity (Wildman–Crippen MR) is 101 cm³/mol. The molecule has 138 valence electrons. The summed E-state index contributed by atoms with van der Waals surface area (Å²) < 4.78 is 16.4. The smallest absolute Gasteiger partial charge is 0.262 e. The zero-order valence-corrected chi connectivity index (χ0v) is 14.4. The van der Waals surface area contributed by atoms with Crippen molar-refractivity contribution in [3.8, 4) is 16.9 Å². The van der Waals surface area contributed by atoms with Gasteiger partial charge in [-0.2, -0.15) is 0 Å². The molecule has 0 saturated heterocycles. The summed E-state index contributed by atoms with van der Waals surface area (Å²) in [6, 6.07) is 8.94. The van der Waals surface area contributed by atoms with Crippen LogP contribution in [-0.2, 0) is 6.61 Å². The van der Waals surface area contributed by atoms with Gasteiger partial charge in [-0.15, -0.1) is 0 Å². The number of pyridine rings is 1. The number of aromatic nitrogens is 1. The maximum absolute atomic E-state index is 14.9. The van der Waals surface area contributed by atoms with E-state index in [1.165, 1.54) is 18.2 Å². The number of phenolic OH excluding ortho intramolecular Hbond substituents is 1. The molecule has 5 nitrogen and oxygen atoms in total. The Kier molecular flexibility index (Phi) is 4.00. The van der Waals surface area contributed by atoms with Gasteiger partial charge in [0.2, 0.25) is 0 Å². The second kappa shape index (κ2) is 6.25. The van der Waals surface area contributed by atoms with Crippen LogP contribution in [0.25, 0.3) is 27.8 Å². The molecule has 3 N–H and O–H groups in total. The van der Waals surface area contributed by atoms with Crippen molar-refractivity contribution in [1.82, 2.24) is 4.57 Å². The summed E-state index contributed by atoms with van der Waals surface area (Å²) in [6.07, 6.45) is 1.63. The molecule has 0 amide bonds. The van der Waals surface area contributed by atoms with Crippen LogP contribution >= 0.6 is 0 Å². The van der Waals surface area contributed by atoms with Crippen LogP contribution < -0.4 is 5.56 Å². The lowest BCUT2D eigenvalue weighted by atomic mass is 9.97. The van der Waals surface area contributed by atoms with Crippen LogP contribution in [0.1, 0.15) is 30.0 Å². The number of fused-ring (bicyclic) bond motifs is 1. The molecule has 1 fully saturated rings. The second-order valence-corrected chi connectivity index (χ2v) is 6.76. The summed E-state index contributed by atoms with van der Waals surface area (Å²) in [5.41, 5.74) is 0.994. The van der Waals surface area contributed by atoms with E-state index in [1.807, 2.05) is 0 Å². The molecule has 0 bridgehead atoms. The molecule has 0 unspecified atom stereocenters. The first kappa shape index (κ1) is 17.3. The molecular weight excluding hydrogens is 349 g/mol. The Morgan fingerprint density at radius 2 is 1.89 bits per heavy atom. The van der Waals surface area contributed by atoms with Gasteiger partial charge in [0.15, 0.2) is 0 Å². The minimum atomic E-state index is -0.529. The fourth-order valence-electron chi connectivity index (χ4n) is 3.52. The lowest BCUT2D eigenvalue weighted by Gasteiger charge is -2.18. The molecule has 1 aliphatic carbocycles. The molecular formula is C21H18FNO4. The number of nitrogens with zero attached hydrogens (tertiary/aromatic N) is 1. The molecule has 0 atom stereocenters. The lowest BCUT2D eigenvalue weighted by molar-refractivity contribution is 0.282. The van der Waals surface area contributed by atoms with Crippen LogP contribution in [0, 0.1) is 5.82 Å². The molecule has 4 rings (SSSR count). The van der Waals surface area contributed by atoms with Crippen molar-refractivity contribution in [3.05, 3.63) is 70.3 Å². The van der Waals surface area contributed by atoms with E-state index in [0.29, 0.717) is 16.5 Å². The van der Waals surface area contributed by atoms with E-state index in [4.69, 9.17) is 0 Å². The Morgan fingerprint density at radius 1 is 1.22 bits per heavy atom. The van der Waals surface area contributed by atoms with E-state index in [0.717, 1.165) is 12.8 Å². The van der Waals surface area contributed by atoms with E-state index in [-0.39, 0.29) is 28.5 Å². The SMILES string of the molecule is C=C(O)c1c(CO)c2cc(F)c(-c3ccc(O)cc3)cc2n(C2CC2)c1=O. The monoisotopic (exact) mass is 367 g/mol. The van der Waals surface area contributed by atoms with Gasteiger partial charge in [-0.1, -0.05) is 18.7 Å². The molecule has 2 aromatic carbocycles. The zero-order chi connectivity index (χ0) is 19.3. The summed E-state index contributed by atoms with van der Waals surface area (Å²) in [5, 5.41) is 29.5. The molecule has 0 radical (unpaired) electrons. The third-order valence-electron chi connectivity index (χ3n) is 4.94. The predicted octanol–water partition coefficient (Wildman–Crippen LogP) is 3.87. The minimum absolute atomic E-state index is 0.0241. The topological polar surface area (TPSA) is 82.7 Å². The number of hydrogen-bond donors (Lipinski definition) is 3. The Labute approximate surface area is 154 Å². The van der Waals surface area contributed by atoms with E-state index >= 15 is 0 Å². The summed E-state index contributed by atoms with van der Waals surface area (Å²) in [7, 11) is 0. The summed E-state index contributed by atoms with van der Waals surface area (Å²) >= 11 is 0. The second-order valence-electron chi connectivity index (χ2n) is 6.76. The van der Waals surface area contributed by atoms with Crippen LogP contribution in [-0.4, -0.2) is 19.9 Å². The fraction of sp³-hybridized carbons (Fsp3) is 0.190. The Morgan fingerprint density at radius 3 is 2.44 bits per heavy atom. The first-order chi connectivity index (χ1) is 12.9. The molecule has 1 saturated carbocycles. The minimum Gasteiger partial charge on any atom is -0.508 e. The quantitative estimate of drug-likeness (QED) is 0.612. The number of benzene rings is 2. The van der Waals surface area contributed by atoms with Gasteiger partial charge in [-0.05, 0) is 42.7 Å². The van der Waals surface area contributed by atoms with Crippen LogP contribution in [0.5, 0.6) is 5.75 Å². The van der Waals surface area contributed by atoms with Crippen LogP contribution in [0.4, 0.5) is 4.39 Å². The van der Waals surface area contributed by atoms with Crippen molar-refractivity contribution in [2.75, 3.05) is 0 Å². The molecule has 27 heavy (non-hydrogen) atoms. The largest absolute Gasteiger partial charge is 0.508 e. The third kappa shape index (κ3) is 2.78. The summed E-state index contributed by atoms with van der Waals surface area (Å²) in [4.78, 5) is 13.0. The summed E-state index contributed by atoms with van der Waals surface area (Å²) in [6.45, 7) is 2.91. The van der Waals surface area contributed by atoms with Crippen LogP contribution in [0.2, 0.25) is 0 Å². The number of aliphatic hydroxyl groups excluding tert-OH is 2. The van der Waals surface area contributed by atoms with Crippen molar-refractivity contribution in [3.63, 3.8) is 0 Å². The number of hydrogen-bond acceptors (Lipinski definition) is 4. The van der Waals surface area contributed by atoms with E-state index < -0.39 is 23.7 Å². The number of rotatable bonds is 4. The molecule has 6 heteroatoms. The lowest BCUT2D eigenvalue weighted by Crippen LogP contribution is -2.25. The Bertz CT molecular complexity index is 1130. The van der Waals surface area contributed by atoms with Gasteiger partial charge in [0.25, 0.3) is 5.56 Å². The number of aromatic hydroxyl groups is 1. The van der Waals surface area contributed by atoms with Gasteiger partial charge in [0, 0.05) is 22.6 Å². The molecule has 0 spiro atoms. The average Bonchev–Trinajstić information content (AvgIpc) is 3.46. The Balaban J connectivity index is 2.10. The van der Waals surface area contributed by atoms with E-state index in [2.05, 4.69) is 6.58 Å². The average molecular weight is 367 g/mol. The van der Waals surface area contributed by atoms with Gasteiger partial charge in [-0.3, -0.25) is 4.79 Å². The fourth-order valence-corrected chi connectivity index (χ4v) is 3.52. The van der Waals surface area contributed by atoms with Crippen molar-refractivity contribution in [2.45, 2.75) is 25.5 Å². The highest BCUT2D eigenvalue weighted by Gasteiger charge is 2.30. The Hall–Kier alpha value is -3.12. The highest BCUT2D eigenvalue weighted by molar-refractivity contribution is 5.90. The highest BCUT2D eigenvalue weighted by atomic mass is 19.1. The van der Waals surface area contributed by atoms with Crippen LogP contribution in [0.3, 0.4) is 0 Å². The van der Waals surface area contributed by atoms with Crippen molar-refractivity contribution >= 4 is 16.7 Å². The third-order valence-corrected chi connectivity index (χ3v) is 4.94. The normalized spacial score (nSPS) is 13.9. The van der Waals surface area contributed by atoms with Gasteiger partial charge >= 0.3 is 0 Å². The standard InChI is InChI=1S/C21H18FNO4/c1-11(25)20-17(10-24)16-8-18(22)15(12-2-6-14(26)7-3-12)9-19(16)23(21(20)27)13-4-5-13/h2-3,6-9,13,24-26H,1,4-5,10H2. The van der Waals surface area contributed by atoms with Crippen molar-refractivity contribution < 1.29 is 19.7 Å². The van der Waals surface area contributed by atoms with Crippen LogP contribution in [0.15, 0.2) is 47.8 Å². The number of aliphatic hydroxyl groups is 2. The van der Waals surface area contributed by atoms with E-state index in [9.17, 15) is 24.5 Å². The molecule has 1 heterocycles. The summed E-state index contributed by atoms with van der Waals surface area (Å²) in [5.74, 6) is -0.898. The van der Waals surface area contributed by atoms with E-state index in [1.54, 1.807) is 22.8 Å². The number of phenols is 1. The van der Waals surface area contributed by atoms with Gasteiger partial charge < -0.3 is 19.9 Å². The molecule has 0 aliphatic heterocycles.